The Morgan fingerprint density at radius 1 is 0.807 bits per heavy atom. The Hall–Kier alpha value is -5.52. The van der Waals surface area contributed by atoms with E-state index in [0.29, 0.717) is 46.1 Å². The lowest BCUT2D eigenvalue weighted by atomic mass is 9.98. The van der Waals surface area contributed by atoms with E-state index in [9.17, 15) is 9.59 Å². The van der Waals surface area contributed by atoms with Crippen molar-refractivity contribution in [1.29, 1.82) is 0 Å². The number of likely N-dealkylation sites (tertiary alicyclic amines) is 2. The van der Waals surface area contributed by atoms with Gasteiger partial charge in [-0.15, -0.1) is 0 Å². The van der Waals surface area contributed by atoms with Crippen molar-refractivity contribution in [1.82, 2.24) is 29.7 Å². The van der Waals surface area contributed by atoms with E-state index in [2.05, 4.69) is 27.1 Å². The van der Waals surface area contributed by atoms with Crippen molar-refractivity contribution in [3.8, 4) is 33.5 Å². The van der Waals surface area contributed by atoms with Gasteiger partial charge in [0.2, 0.25) is 0 Å². The highest BCUT2D eigenvalue weighted by Crippen LogP contribution is 2.59. The maximum atomic E-state index is 16.5. The molecule has 2 aromatic heterocycles. The second-order valence-corrected chi connectivity index (χ2v) is 18.6. The fourth-order valence-corrected chi connectivity index (χ4v) is 9.38. The van der Waals surface area contributed by atoms with Gasteiger partial charge in [-0.25, -0.2) is 19.6 Å². The van der Waals surface area contributed by atoms with Gasteiger partial charge in [0, 0.05) is 29.2 Å². The van der Waals surface area contributed by atoms with E-state index in [0.717, 1.165) is 42.3 Å². The lowest BCUT2D eigenvalue weighted by Crippen LogP contribution is -2.42. The van der Waals surface area contributed by atoms with E-state index in [1.807, 2.05) is 71.9 Å². The molecule has 4 unspecified atom stereocenters. The van der Waals surface area contributed by atoms with Crippen molar-refractivity contribution in [2.75, 3.05) is 6.54 Å². The molecule has 294 valence electrons. The minimum Gasteiger partial charge on any atom is -0.444 e. The molecule has 3 aromatic carbocycles. The summed E-state index contributed by atoms with van der Waals surface area (Å²) in [6.45, 7) is 11.8. The number of alkyl halides is 2. The van der Waals surface area contributed by atoms with Gasteiger partial charge in [-0.1, -0.05) is 42.5 Å². The number of ether oxygens (including phenoxy) is 2. The summed E-state index contributed by atoms with van der Waals surface area (Å²) in [6.07, 6.45) is 8.88. The van der Waals surface area contributed by atoms with Crippen molar-refractivity contribution in [3.63, 3.8) is 0 Å². The summed E-state index contributed by atoms with van der Waals surface area (Å²) < 4.78 is 44.5. The molecule has 2 N–H and O–H groups in total. The zero-order valence-electron chi connectivity index (χ0n) is 33.0. The molecule has 12 heteroatoms. The first-order valence-corrected chi connectivity index (χ1v) is 19.9. The first-order chi connectivity index (χ1) is 27.0. The Bertz CT molecular complexity index is 2520. The molecule has 57 heavy (non-hydrogen) atoms. The monoisotopic (exact) mass is 772 g/mol. The summed E-state index contributed by atoms with van der Waals surface area (Å²) in [5, 5.41) is 0. The Morgan fingerprint density at radius 2 is 1.46 bits per heavy atom. The molecule has 3 aliphatic carbocycles. The number of H-pyrrole nitrogens is 2. The minimum atomic E-state index is -3.23. The van der Waals surface area contributed by atoms with Gasteiger partial charge < -0.3 is 19.4 Å². The van der Waals surface area contributed by atoms with Crippen LogP contribution in [0.15, 0.2) is 72.9 Å². The number of halogens is 2. The average Bonchev–Trinajstić information content (AvgIpc) is 3.78. The van der Waals surface area contributed by atoms with Crippen LogP contribution in [0.1, 0.15) is 102 Å². The summed E-state index contributed by atoms with van der Waals surface area (Å²) in [5.74, 6) is -1.80. The zero-order chi connectivity index (χ0) is 39.8. The van der Waals surface area contributed by atoms with Crippen molar-refractivity contribution in [2.45, 2.75) is 102 Å². The highest BCUT2D eigenvalue weighted by Gasteiger charge is 2.55. The first kappa shape index (κ1) is 35.9. The van der Waals surface area contributed by atoms with Crippen LogP contribution in [0.25, 0.3) is 44.5 Å². The van der Waals surface area contributed by atoms with Crippen molar-refractivity contribution in [2.24, 2.45) is 11.3 Å². The summed E-state index contributed by atoms with van der Waals surface area (Å²) in [5.41, 5.74) is 3.89. The normalized spacial score (nSPS) is 23.7. The number of carbonyl (C=O) groups is 2. The zero-order valence-corrected chi connectivity index (χ0v) is 33.0. The highest BCUT2D eigenvalue weighted by atomic mass is 19.3. The largest absolute Gasteiger partial charge is 0.444 e. The molecule has 10 nitrogen and oxygen atoms in total. The number of carbonyl (C=O) groups excluding carboxylic acids is 2. The van der Waals surface area contributed by atoms with Crippen LogP contribution >= 0.6 is 0 Å². The summed E-state index contributed by atoms with van der Waals surface area (Å²) in [4.78, 5) is 46.4. The number of rotatable bonds is 4. The van der Waals surface area contributed by atoms with Crippen LogP contribution in [0, 0.1) is 11.3 Å². The van der Waals surface area contributed by atoms with E-state index in [1.54, 1.807) is 40.3 Å². The number of aromatic nitrogens is 4. The molecule has 2 saturated heterocycles. The SMILES string of the molecule is CC(C)(C)OC(=O)N1CC2(CC2)CC1c1ncc(-c2ccc3c(c2)C(F)(F)c2cc(-c4ccc5nc(C6C7C=CC(C7)N6C(=O)OC(C)(C)C)[nH]c5c4)ccc2-3)[nH]1. The molecule has 2 amide bonds. The standard InChI is InChI=1S/C45H46F2N6O4/c1-42(2,3)56-40(54)52-23-44(15-16-44)21-36(52)38-48-22-35(51-38)26-9-13-30-29-12-8-24(18-31(29)45(46,47)32(30)19-26)25-10-14-33-34(20-25)50-39(49-33)37-27-7-11-28(17-27)53(37)41(55)57-43(4,5)6/h7-14,18-20,22,27-28,36-37H,15-17,21,23H2,1-6H3,(H,48,51)(H,49,50). The third kappa shape index (κ3) is 6.01. The second kappa shape index (κ2) is 12.0. The van der Waals surface area contributed by atoms with E-state index >= 15 is 8.78 Å². The van der Waals surface area contributed by atoms with Crippen LogP contribution < -0.4 is 0 Å². The number of hydrogen-bond donors (Lipinski definition) is 2. The van der Waals surface area contributed by atoms with Gasteiger partial charge in [-0.3, -0.25) is 9.80 Å². The van der Waals surface area contributed by atoms with E-state index in [-0.39, 0.29) is 52.8 Å². The number of imidazole rings is 2. The van der Waals surface area contributed by atoms with Gasteiger partial charge in [0.25, 0.3) is 5.92 Å². The number of aromatic amines is 2. The number of fused-ring (bicyclic) bond motifs is 6. The van der Waals surface area contributed by atoms with Gasteiger partial charge in [0.05, 0.1) is 35.0 Å². The Balaban J connectivity index is 0.912. The van der Waals surface area contributed by atoms with Gasteiger partial charge in [-0.05, 0) is 119 Å². The van der Waals surface area contributed by atoms with E-state index in [4.69, 9.17) is 14.5 Å². The Morgan fingerprint density at radius 3 is 2.16 bits per heavy atom. The van der Waals surface area contributed by atoms with E-state index in [1.165, 1.54) is 0 Å². The minimum absolute atomic E-state index is 0.0432. The molecule has 3 fully saturated rings. The molecule has 2 bridgehead atoms. The number of hydrogen-bond acceptors (Lipinski definition) is 6. The van der Waals surface area contributed by atoms with Gasteiger partial charge >= 0.3 is 12.2 Å². The molecule has 1 saturated carbocycles. The van der Waals surface area contributed by atoms with Crippen molar-refractivity contribution >= 4 is 23.2 Å². The van der Waals surface area contributed by atoms with Crippen LogP contribution in [0.3, 0.4) is 0 Å². The third-order valence-electron chi connectivity index (χ3n) is 12.2. The van der Waals surface area contributed by atoms with Crippen LogP contribution in [0.5, 0.6) is 0 Å². The maximum Gasteiger partial charge on any atom is 0.411 e. The molecule has 10 rings (SSSR count). The van der Waals surface area contributed by atoms with Crippen LogP contribution in [-0.2, 0) is 15.4 Å². The van der Waals surface area contributed by atoms with Gasteiger partial charge in [0.15, 0.2) is 0 Å². The number of nitrogens with zero attached hydrogens (tertiary/aromatic N) is 4. The number of amides is 2. The molecular weight excluding hydrogens is 727 g/mol. The molecule has 2 aliphatic heterocycles. The average molecular weight is 773 g/mol. The second-order valence-electron chi connectivity index (χ2n) is 18.6. The molecule has 1 spiro atoms. The lowest BCUT2D eigenvalue weighted by molar-refractivity contribution is 0.0148. The molecular formula is C45H46F2N6O4. The summed E-state index contributed by atoms with van der Waals surface area (Å²) in [7, 11) is 0. The molecule has 5 aliphatic rings. The molecule has 4 heterocycles. The summed E-state index contributed by atoms with van der Waals surface area (Å²) in [6, 6.07) is 15.5. The Kier molecular flexibility index (Phi) is 7.55. The number of benzene rings is 3. The van der Waals surface area contributed by atoms with Crippen LogP contribution in [0.2, 0.25) is 0 Å². The molecule has 5 aromatic rings. The predicted octanol–water partition coefficient (Wildman–Crippen LogP) is 10.4. The van der Waals surface area contributed by atoms with Crippen LogP contribution in [0.4, 0.5) is 18.4 Å². The third-order valence-corrected chi connectivity index (χ3v) is 12.2. The fourth-order valence-electron chi connectivity index (χ4n) is 9.38. The fraction of sp³-hybridized carbons (Fsp3) is 0.422. The summed E-state index contributed by atoms with van der Waals surface area (Å²) >= 11 is 0. The van der Waals surface area contributed by atoms with Crippen molar-refractivity contribution < 1.29 is 27.8 Å². The first-order valence-electron chi connectivity index (χ1n) is 19.9. The van der Waals surface area contributed by atoms with Gasteiger partial charge in [-0.2, -0.15) is 8.78 Å². The van der Waals surface area contributed by atoms with Gasteiger partial charge in [0.1, 0.15) is 28.9 Å². The Labute approximate surface area is 329 Å². The molecule has 4 atom stereocenters. The number of nitrogens with one attached hydrogen (secondary N) is 2. The lowest BCUT2D eigenvalue weighted by Gasteiger charge is -2.33. The van der Waals surface area contributed by atoms with Crippen LogP contribution in [-0.4, -0.2) is 65.7 Å². The van der Waals surface area contributed by atoms with E-state index < -0.39 is 17.1 Å². The smallest absolute Gasteiger partial charge is 0.411 e. The predicted molar refractivity (Wildman–Crippen MR) is 211 cm³/mol. The highest BCUT2D eigenvalue weighted by molar-refractivity contribution is 5.87. The molecule has 0 radical (unpaired) electrons. The van der Waals surface area contributed by atoms with Crippen molar-refractivity contribution in [3.05, 3.63) is 95.7 Å². The quantitative estimate of drug-likeness (QED) is 0.176. The topological polar surface area (TPSA) is 116 Å². The maximum absolute atomic E-state index is 16.5.